The lowest BCUT2D eigenvalue weighted by Gasteiger charge is -2.17. The summed E-state index contributed by atoms with van der Waals surface area (Å²) in [4.78, 5) is 23.9. The second-order valence-electron chi connectivity index (χ2n) is 3.76. The van der Waals surface area contributed by atoms with E-state index < -0.39 is 12.0 Å². The van der Waals surface area contributed by atoms with Crippen molar-refractivity contribution < 1.29 is 14.7 Å². The summed E-state index contributed by atoms with van der Waals surface area (Å²) in [5.41, 5.74) is 0.245. The van der Waals surface area contributed by atoms with Gasteiger partial charge < -0.3 is 15.3 Å². The molecule has 2 amide bonds. The van der Waals surface area contributed by atoms with Gasteiger partial charge >= 0.3 is 12.0 Å². The van der Waals surface area contributed by atoms with E-state index in [4.69, 9.17) is 22.0 Å². The van der Waals surface area contributed by atoms with Crippen molar-refractivity contribution in [3.05, 3.63) is 28.8 Å². The monoisotopic (exact) mass is 281 g/mol. The van der Waals surface area contributed by atoms with Crippen LogP contribution in [0.4, 0.5) is 10.5 Å². The lowest BCUT2D eigenvalue weighted by molar-refractivity contribution is 0.0697. The zero-order chi connectivity index (χ0) is 14.4. The number of halogens is 1. The number of rotatable bonds is 4. The number of nitriles is 1. The SMILES string of the molecule is CN(CCC#N)C(=O)Nc1cc(C(=O)O)ccc1Cl. The minimum absolute atomic E-state index is 0.0272. The number of hydrogen-bond donors (Lipinski definition) is 2. The first-order chi connectivity index (χ1) is 8.95. The number of benzene rings is 1. The topological polar surface area (TPSA) is 93.4 Å². The van der Waals surface area contributed by atoms with Crippen molar-refractivity contribution in [2.45, 2.75) is 6.42 Å². The summed E-state index contributed by atoms with van der Waals surface area (Å²) in [6, 6.07) is 5.49. The molecule has 2 N–H and O–H groups in total. The molecule has 0 aliphatic heterocycles. The van der Waals surface area contributed by atoms with E-state index >= 15 is 0 Å². The minimum atomic E-state index is -1.11. The van der Waals surface area contributed by atoms with Crippen LogP contribution < -0.4 is 5.32 Å². The molecular weight excluding hydrogens is 270 g/mol. The highest BCUT2D eigenvalue weighted by Gasteiger charge is 2.12. The standard InChI is InChI=1S/C12H12ClN3O3/c1-16(6-2-5-14)12(19)15-10-7-8(11(17)18)3-4-9(10)13/h3-4,7H,2,6H2,1H3,(H,15,19)(H,17,18). The lowest BCUT2D eigenvalue weighted by atomic mass is 10.2. The van der Waals surface area contributed by atoms with E-state index in [-0.39, 0.29) is 29.2 Å². The second-order valence-corrected chi connectivity index (χ2v) is 4.17. The molecule has 0 aliphatic rings. The van der Waals surface area contributed by atoms with Crippen LogP contribution in [0.5, 0.6) is 0 Å². The van der Waals surface area contributed by atoms with Gasteiger partial charge in [-0.1, -0.05) is 11.6 Å². The first-order valence-corrected chi connectivity index (χ1v) is 5.75. The normalized spacial score (nSPS) is 9.53. The van der Waals surface area contributed by atoms with Crippen LogP contribution in [0.25, 0.3) is 0 Å². The summed E-state index contributed by atoms with van der Waals surface area (Å²) in [6.07, 6.45) is 0.215. The van der Waals surface area contributed by atoms with Gasteiger partial charge in [0.05, 0.1) is 28.8 Å². The number of urea groups is 1. The van der Waals surface area contributed by atoms with E-state index in [0.29, 0.717) is 0 Å². The number of nitrogens with one attached hydrogen (secondary N) is 1. The highest BCUT2D eigenvalue weighted by atomic mass is 35.5. The van der Waals surface area contributed by atoms with Crippen molar-refractivity contribution in [1.82, 2.24) is 4.90 Å². The van der Waals surface area contributed by atoms with E-state index in [1.807, 2.05) is 6.07 Å². The van der Waals surface area contributed by atoms with Gasteiger partial charge in [-0.3, -0.25) is 0 Å². The van der Waals surface area contributed by atoms with Gasteiger partial charge in [0.2, 0.25) is 0 Å². The number of aromatic carboxylic acids is 1. The van der Waals surface area contributed by atoms with Crippen molar-refractivity contribution >= 4 is 29.3 Å². The molecule has 0 aliphatic carbocycles. The summed E-state index contributed by atoms with van der Waals surface area (Å²) < 4.78 is 0. The fourth-order valence-electron chi connectivity index (χ4n) is 1.28. The molecule has 1 aromatic carbocycles. The van der Waals surface area contributed by atoms with Gasteiger partial charge in [0.25, 0.3) is 0 Å². The predicted octanol–water partition coefficient (Wildman–Crippen LogP) is 2.42. The Bertz CT molecular complexity index is 540. The Morgan fingerprint density at radius 2 is 2.21 bits per heavy atom. The number of nitrogens with zero attached hydrogens (tertiary/aromatic N) is 2. The number of carbonyl (C=O) groups excluding carboxylic acids is 1. The van der Waals surface area contributed by atoms with Gasteiger partial charge in [0, 0.05) is 13.6 Å². The van der Waals surface area contributed by atoms with Crippen LogP contribution in [0.3, 0.4) is 0 Å². The Hall–Kier alpha value is -2.26. The van der Waals surface area contributed by atoms with Crippen LogP contribution >= 0.6 is 11.6 Å². The van der Waals surface area contributed by atoms with Gasteiger partial charge in [0.1, 0.15) is 0 Å². The third-order valence-electron chi connectivity index (χ3n) is 2.36. The number of carboxylic acids is 1. The third-order valence-corrected chi connectivity index (χ3v) is 2.69. The Kier molecular flexibility index (Phi) is 5.15. The molecule has 1 rings (SSSR count). The van der Waals surface area contributed by atoms with E-state index in [2.05, 4.69) is 5.32 Å². The summed E-state index contributed by atoms with van der Waals surface area (Å²) >= 11 is 5.88. The van der Waals surface area contributed by atoms with Crippen LogP contribution in [-0.2, 0) is 0 Å². The molecular formula is C12H12ClN3O3. The van der Waals surface area contributed by atoms with Gasteiger partial charge in [0.15, 0.2) is 0 Å². The smallest absolute Gasteiger partial charge is 0.335 e. The molecule has 0 heterocycles. The Labute approximate surface area is 115 Å². The molecule has 19 heavy (non-hydrogen) atoms. The lowest BCUT2D eigenvalue weighted by Crippen LogP contribution is -2.32. The van der Waals surface area contributed by atoms with Crippen molar-refractivity contribution in [3.8, 4) is 6.07 Å². The van der Waals surface area contributed by atoms with E-state index in [1.165, 1.54) is 30.1 Å². The quantitative estimate of drug-likeness (QED) is 0.886. The molecule has 0 bridgehead atoms. The molecule has 0 radical (unpaired) electrons. The summed E-state index contributed by atoms with van der Waals surface area (Å²) in [7, 11) is 1.53. The van der Waals surface area contributed by atoms with Crippen LogP contribution in [0, 0.1) is 11.3 Å². The maximum Gasteiger partial charge on any atom is 0.335 e. The Balaban J connectivity index is 2.81. The minimum Gasteiger partial charge on any atom is -0.478 e. The highest BCUT2D eigenvalue weighted by molar-refractivity contribution is 6.33. The molecule has 6 nitrogen and oxygen atoms in total. The molecule has 0 spiro atoms. The third kappa shape index (κ3) is 4.16. The van der Waals surface area contributed by atoms with Crippen LogP contribution in [0.1, 0.15) is 16.8 Å². The van der Waals surface area contributed by atoms with E-state index in [1.54, 1.807) is 0 Å². The number of amides is 2. The van der Waals surface area contributed by atoms with Gasteiger partial charge in [-0.15, -0.1) is 0 Å². The van der Waals surface area contributed by atoms with Gasteiger partial charge in [-0.2, -0.15) is 5.26 Å². The number of carboxylic acid groups (broad SMARTS) is 1. The fraction of sp³-hybridized carbons (Fsp3) is 0.250. The highest BCUT2D eigenvalue weighted by Crippen LogP contribution is 2.23. The Morgan fingerprint density at radius 1 is 1.53 bits per heavy atom. The van der Waals surface area contributed by atoms with Gasteiger partial charge in [-0.05, 0) is 18.2 Å². The number of hydrogen-bond acceptors (Lipinski definition) is 3. The molecule has 0 aromatic heterocycles. The maximum atomic E-state index is 11.8. The van der Waals surface area contributed by atoms with E-state index in [0.717, 1.165) is 0 Å². The van der Waals surface area contributed by atoms with Crippen LogP contribution in [0.2, 0.25) is 5.02 Å². The summed E-state index contributed by atoms with van der Waals surface area (Å²) in [5, 5.41) is 20.0. The molecule has 0 unspecified atom stereocenters. The fourth-order valence-corrected chi connectivity index (χ4v) is 1.45. The molecule has 0 fully saturated rings. The van der Waals surface area contributed by atoms with Crippen molar-refractivity contribution in [3.63, 3.8) is 0 Å². The van der Waals surface area contributed by atoms with E-state index in [9.17, 15) is 9.59 Å². The average Bonchev–Trinajstić information content (AvgIpc) is 2.38. The van der Waals surface area contributed by atoms with Crippen LogP contribution in [0.15, 0.2) is 18.2 Å². The second kappa shape index (κ2) is 6.61. The number of carbonyl (C=O) groups is 2. The first-order valence-electron chi connectivity index (χ1n) is 5.37. The molecule has 1 aromatic rings. The molecule has 7 heteroatoms. The first kappa shape index (κ1) is 14.8. The van der Waals surface area contributed by atoms with Crippen LogP contribution in [-0.4, -0.2) is 35.6 Å². The average molecular weight is 282 g/mol. The molecule has 100 valence electrons. The predicted molar refractivity (Wildman–Crippen MR) is 70.3 cm³/mol. The summed E-state index contributed by atoms with van der Waals surface area (Å²) in [6.45, 7) is 0.276. The zero-order valence-corrected chi connectivity index (χ0v) is 10.9. The largest absolute Gasteiger partial charge is 0.478 e. The van der Waals surface area contributed by atoms with Gasteiger partial charge in [-0.25, -0.2) is 9.59 Å². The molecule has 0 atom stereocenters. The van der Waals surface area contributed by atoms with Crippen molar-refractivity contribution in [2.24, 2.45) is 0 Å². The van der Waals surface area contributed by atoms with Crippen molar-refractivity contribution in [1.29, 1.82) is 5.26 Å². The zero-order valence-electron chi connectivity index (χ0n) is 10.2. The maximum absolute atomic E-state index is 11.8. The molecule has 0 saturated heterocycles. The number of anilines is 1. The Morgan fingerprint density at radius 3 is 2.79 bits per heavy atom. The summed E-state index contributed by atoms with van der Waals surface area (Å²) in [5.74, 6) is -1.11. The molecule has 0 saturated carbocycles. The van der Waals surface area contributed by atoms with Crippen molar-refractivity contribution in [2.75, 3.05) is 18.9 Å².